The molecule has 0 aliphatic rings. The molecule has 0 atom stereocenters. The number of nitrogens with zero attached hydrogens (tertiary/aromatic N) is 3. The summed E-state index contributed by atoms with van der Waals surface area (Å²) in [7, 11) is 0. The minimum Gasteiger partial charge on any atom is -0.325 e. The van der Waals surface area contributed by atoms with Gasteiger partial charge in [-0.15, -0.1) is 0 Å². The van der Waals surface area contributed by atoms with Gasteiger partial charge in [0.2, 0.25) is 0 Å². The Morgan fingerprint density at radius 2 is 1.94 bits per heavy atom. The van der Waals surface area contributed by atoms with E-state index in [-0.39, 0.29) is 0 Å². The number of hydrogen-bond donors (Lipinski definition) is 1. The van der Waals surface area contributed by atoms with Crippen molar-refractivity contribution in [2.75, 3.05) is 0 Å². The van der Waals surface area contributed by atoms with Gasteiger partial charge in [-0.1, -0.05) is 24.3 Å². The lowest BCUT2D eigenvalue weighted by Crippen LogP contribution is -2.04. The minimum absolute atomic E-state index is 0.438. The van der Waals surface area contributed by atoms with Crippen molar-refractivity contribution < 1.29 is 0 Å². The molecule has 3 aromatic rings. The molecule has 2 N–H and O–H groups in total. The smallest absolute Gasteiger partial charge is 0.154 e. The molecular weight excluding hydrogens is 212 g/mol. The number of aromatic nitrogens is 3. The van der Waals surface area contributed by atoms with Crippen LogP contribution in [-0.2, 0) is 6.54 Å². The second-order valence-corrected chi connectivity index (χ2v) is 3.81. The number of nitrogens with two attached hydrogens (primary N) is 1. The van der Waals surface area contributed by atoms with Crippen molar-refractivity contribution in [3.63, 3.8) is 0 Å². The highest BCUT2D eigenvalue weighted by Gasteiger charge is 2.05. The number of benzene rings is 1. The van der Waals surface area contributed by atoms with Crippen LogP contribution in [0.4, 0.5) is 0 Å². The van der Waals surface area contributed by atoms with Crippen LogP contribution in [0.2, 0.25) is 0 Å². The molecule has 0 spiro atoms. The third kappa shape index (κ3) is 1.68. The van der Waals surface area contributed by atoms with Crippen molar-refractivity contribution >= 4 is 10.9 Å². The third-order valence-electron chi connectivity index (χ3n) is 2.70. The third-order valence-corrected chi connectivity index (χ3v) is 2.70. The first kappa shape index (κ1) is 9.99. The molecule has 0 amide bonds. The molecule has 0 aliphatic heterocycles. The maximum absolute atomic E-state index is 5.59. The molecule has 0 aliphatic carbocycles. The molecular formula is C13H12N4. The summed E-state index contributed by atoms with van der Waals surface area (Å²) < 4.78 is 1.83. The van der Waals surface area contributed by atoms with Crippen molar-refractivity contribution in [1.29, 1.82) is 0 Å². The van der Waals surface area contributed by atoms with E-state index in [4.69, 9.17) is 5.73 Å². The minimum atomic E-state index is 0.438. The Morgan fingerprint density at radius 1 is 1.06 bits per heavy atom. The lowest BCUT2D eigenvalue weighted by molar-refractivity contribution is 0.852. The number of para-hydroxylation sites is 1. The van der Waals surface area contributed by atoms with Crippen molar-refractivity contribution in [1.82, 2.24) is 14.8 Å². The molecule has 3 rings (SSSR count). The SMILES string of the molecule is NCc1cccc(-n2ncc3ccccc32)n1. The second-order valence-electron chi connectivity index (χ2n) is 3.81. The van der Waals surface area contributed by atoms with Crippen LogP contribution in [0.1, 0.15) is 5.69 Å². The van der Waals surface area contributed by atoms with Crippen LogP contribution in [0.5, 0.6) is 0 Å². The molecule has 4 heteroatoms. The highest BCUT2D eigenvalue weighted by Crippen LogP contribution is 2.16. The maximum atomic E-state index is 5.59. The van der Waals surface area contributed by atoms with Crippen molar-refractivity contribution in [2.45, 2.75) is 6.54 Å². The maximum Gasteiger partial charge on any atom is 0.154 e. The quantitative estimate of drug-likeness (QED) is 0.723. The van der Waals surface area contributed by atoms with E-state index in [1.165, 1.54) is 0 Å². The Kier molecular flexibility index (Phi) is 2.34. The predicted molar refractivity (Wildman–Crippen MR) is 66.8 cm³/mol. The summed E-state index contributed by atoms with van der Waals surface area (Å²) in [6, 6.07) is 13.8. The van der Waals surface area contributed by atoms with E-state index in [1.54, 1.807) is 0 Å². The van der Waals surface area contributed by atoms with Crippen molar-refractivity contribution in [3.8, 4) is 5.82 Å². The number of hydrogen-bond acceptors (Lipinski definition) is 3. The fourth-order valence-electron chi connectivity index (χ4n) is 1.85. The van der Waals surface area contributed by atoms with Crippen molar-refractivity contribution in [2.24, 2.45) is 5.73 Å². The largest absolute Gasteiger partial charge is 0.325 e. The zero-order valence-corrected chi connectivity index (χ0v) is 9.24. The average molecular weight is 224 g/mol. The van der Waals surface area contributed by atoms with Crippen LogP contribution in [0, 0.1) is 0 Å². The Bertz CT molecular complexity index is 657. The van der Waals surface area contributed by atoms with Gasteiger partial charge in [-0.3, -0.25) is 0 Å². The van der Waals surface area contributed by atoms with Gasteiger partial charge >= 0.3 is 0 Å². The summed E-state index contributed by atoms with van der Waals surface area (Å²) in [5.41, 5.74) is 7.51. The summed E-state index contributed by atoms with van der Waals surface area (Å²) in [5.74, 6) is 0.800. The molecule has 84 valence electrons. The predicted octanol–water partition coefficient (Wildman–Crippen LogP) is 1.88. The molecule has 0 radical (unpaired) electrons. The lowest BCUT2D eigenvalue weighted by Gasteiger charge is -2.04. The van der Waals surface area contributed by atoms with Gasteiger partial charge in [-0.25, -0.2) is 9.67 Å². The van der Waals surface area contributed by atoms with Gasteiger partial charge in [0.25, 0.3) is 0 Å². The first-order valence-corrected chi connectivity index (χ1v) is 5.47. The van der Waals surface area contributed by atoms with E-state index in [2.05, 4.69) is 10.1 Å². The van der Waals surface area contributed by atoms with Crippen molar-refractivity contribution in [3.05, 3.63) is 54.4 Å². The molecule has 2 heterocycles. The molecule has 4 nitrogen and oxygen atoms in total. The first-order valence-electron chi connectivity index (χ1n) is 5.47. The number of fused-ring (bicyclic) bond motifs is 1. The van der Waals surface area contributed by atoms with Gasteiger partial charge in [-0.2, -0.15) is 5.10 Å². The molecule has 0 unspecified atom stereocenters. The van der Waals surface area contributed by atoms with Crippen LogP contribution >= 0.6 is 0 Å². The van der Waals surface area contributed by atoms with Crippen LogP contribution < -0.4 is 5.73 Å². The standard InChI is InChI=1S/C13H12N4/c14-8-11-5-3-7-13(16-11)17-12-6-2-1-4-10(12)9-15-17/h1-7,9H,8,14H2. The van der Waals surface area contributed by atoms with E-state index >= 15 is 0 Å². The van der Waals surface area contributed by atoms with E-state index < -0.39 is 0 Å². The molecule has 0 bridgehead atoms. The second kappa shape index (κ2) is 3.99. The van der Waals surface area contributed by atoms with Gasteiger partial charge in [0.15, 0.2) is 5.82 Å². The fraction of sp³-hybridized carbons (Fsp3) is 0.0769. The Hall–Kier alpha value is -2.20. The van der Waals surface area contributed by atoms with Crippen LogP contribution in [-0.4, -0.2) is 14.8 Å². The Labute approximate surface area is 98.7 Å². The fourth-order valence-corrected chi connectivity index (χ4v) is 1.85. The zero-order valence-electron chi connectivity index (χ0n) is 9.24. The lowest BCUT2D eigenvalue weighted by atomic mass is 10.2. The summed E-state index contributed by atoms with van der Waals surface area (Å²) in [4.78, 5) is 4.46. The molecule has 0 saturated heterocycles. The summed E-state index contributed by atoms with van der Waals surface area (Å²) >= 11 is 0. The molecule has 1 aromatic carbocycles. The number of pyridine rings is 1. The van der Waals surface area contributed by atoms with E-state index in [0.717, 1.165) is 22.4 Å². The van der Waals surface area contributed by atoms with Crippen LogP contribution in [0.25, 0.3) is 16.7 Å². The molecule has 17 heavy (non-hydrogen) atoms. The Balaban J connectivity index is 2.20. The highest BCUT2D eigenvalue weighted by molar-refractivity contribution is 5.79. The highest BCUT2D eigenvalue weighted by atomic mass is 15.3. The normalized spacial score (nSPS) is 10.9. The zero-order chi connectivity index (χ0) is 11.7. The summed E-state index contributed by atoms with van der Waals surface area (Å²) in [5, 5.41) is 5.46. The van der Waals surface area contributed by atoms with Gasteiger partial charge in [0.1, 0.15) is 0 Å². The van der Waals surface area contributed by atoms with Crippen LogP contribution in [0.3, 0.4) is 0 Å². The number of rotatable bonds is 2. The van der Waals surface area contributed by atoms with E-state index in [1.807, 2.05) is 53.3 Å². The molecule has 0 saturated carbocycles. The van der Waals surface area contributed by atoms with Gasteiger partial charge < -0.3 is 5.73 Å². The Morgan fingerprint density at radius 3 is 2.82 bits per heavy atom. The summed E-state index contributed by atoms with van der Waals surface area (Å²) in [6.45, 7) is 0.438. The van der Waals surface area contributed by atoms with Gasteiger partial charge in [0.05, 0.1) is 17.4 Å². The van der Waals surface area contributed by atoms with E-state index in [9.17, 15) is 0 Å². The van der Waals surface area contributed by atoms with Gasteiger partial charge in [-0.05, 0) is 18.2 Å². The van der Waals surface area contributed by atoms with Gasteiger partial charge in [0, 0.05) is 11.9 Å². The van der Waals surface area contributed by atoms with E-state index in [0.29, 0.717) is 6.54 Å². The first-order chi connectivity index (χ1) is 8.38. The monoisotopic (exact) mass is 224 g/mol. The molecule has 2 aromatic heterocycles. The molecule has 0 fully saturated rings. The topological polar surface area (TPSA) is 56.7 Å². The summed E-state index contributed by atoms with van der Waals surface area (Å²) in [6.07, 6.45) is 1.84. The average Bonchev–Trinajstić information content (AvgIpc) is 2.82. The van der Waals surface area contributed by atoms with Crippen LogP contribution in [0.15, 0.2) is 48.7 Å².